The highest BCUT2D eigenvalue weighted by Crippen LogP contribution is 2.41. The van der Waals surface area contributed by atoms with Crippen molar-refractivity contribution in [3.63, 3.8) is 0 Å². The number of rotatable bonds is 3. The monoisotopic (exact) mass is 428 g/mol. The number of hydrogen-bond donors (Lipinski definition) is 2. The van der Waals surface area contributed by atoms with Gasteiger partial charge in [-0.25, -0.2) is 4.99 Å². The maximum Gasteiger partial charge on any atom is 0.251 e. The minimum absolute atomic E-state index is 0.0251. The highest BCUT2D eigenvalue weighted by atomic mass is 32.2. The van der Waals surface area contributed by atoms with Gasteiger partial charge in [-0.3, -0.25) is 4.79 Å². The molecule has 1 saturated carbocycles. The van der Waals surface area contributed by atoms with Gasteiger partial charge in [0, 0.05) is 32.5 Å². The largest absolute Gasteiger partial charge is 0.508 e. The van der Waals surface area contributed by atoms with Crippen LogP contribution >= 0.6 is 11.8 Å². The molecule has 1 aliphatic heterocycles. The number of carbonyl (C=O) groups excluding carboxylic acids is 1. The smallest absolute Gasteiger partial charge is 0.251 e. The molecule has 4 nitrogen and oxygen atoms in total. The number of phenols is 1. The van der Waals surface area contributed by atoms with Gasteiger partial charge in [0.15, 0.2) is 0 Å². The minimum atomic E-state index is -0.0251. The first kappa shape index (κ1) is 19.9. The molecule has 0 saturated heterocycles. The van der Waals surface area contributed by atoms with Crippen LogP contribution in [-0.4, -0.2) is 22.8 Å². The predicted octanol–water partition coefficient (Wildman–Crippen LogP) is 6.09. The van der Waals surface area contributed by atoms with Crippen molar-refractivity contribution in [1.29, 1.82) is 0 Å². The van der Waals surface area contributed by atoms with Crippen molar-refractivity contribution in [1.82, 2.24) is 5.32 Å². The van der Waals surface area contributed by atoms with Crippen LogP contribution in [0.3, 0.4) is 0 Å². The molecule has 1 amide bonds. The third kappa shape index (κ3) is 4.23. The highest BCUT2D eigenvalue weighted by molar-refractivity contribution is 7.99. The van der Waals surface area contributed by atoms with Gasteiger partial charge in [-0.15, -0.1) is 0 Å². The van der Waals surface area contributed by atoms with Gasteiger partial charge < -0.3 is 10.4 Å². The van der Waals surface area contributed by atoms with E-state index >= 15 is 0 Å². The number of hydrogen-bond acceptors (Lipinski definition) is 4. The Morgan fingerprint density at radius 2 is 1.71 bits per heavy atom. The van der Waals surface area contributed by atoms with E-state index in [0.29, 0.717) is 5.56 Å². The van der Waals surface area contributed by atoms with Crippen LogP contribution in [0.2, 0.25) is 0 Å². The highest BCUT2D eigenvalue weighted by Gasteiger charge is 2.21. The van der Waals surface area contributed by atoms with E-state index < -0.39 is 0 Å². The molecule has 0 atom stereocenters. The Kier molecular flexibility index (Phi) is 5.51. The molecule has 1 aliphatic carbocycles. The van der Waals surface area contributed by atoms with Crippen molar-refractivity contribution in [2.45, 2.75) is 47.9 Å². The van der Waals surface area contributed by atoms with E-state index in [9.17, 15) is 9.90 Å². The van der Waals surface area contributed by atoms with Gasteiger partial charge >= 0.3 is 0 Å². The molecule has 31 heavy (non-hydrogen) atoms. The zero-order valence-corrected chi connectivity index (χ0v) is 18.0. The maximum absolute atomic E-state index is 12.9. The number of nitrogens with one attached hydrogen (secondary N) is 1. The number of nitrogens with zero attached hydrogens (tertiary/aromatic N) is 1. The molecule has 0 bridgehead atoms. The predicted molar refractivity (Wildman–Crippen MR) is 125 cm³/mol. The molecular weight excluding hydrogens is 404 g/mol. The average molecular weight is 429 g/mol. The Labute approximate surface area is 186 Å². The molecule has 156 valence electrons. The second-order valence-electron chi connectivity index (χ2n) is 8.10. The van der Waals surface area contributed by atoms with Crippen molar-refractivity contribution in [3.05, 3.63) is 83.4 Å². The molecule has 2 aliphatic rings. The molecule has 5 rings (SSSR count). The summed E-state index contributed by atoms with van der Waals surface area (Å²) in [5, 5.41) is 12.9. The van der Waals surface area contributed by atoms with Crippen LogP contribution in [-0.2, 0) is 0 Å². The fourth-order valence-corrected chi connectivity index (χ4v) is 5.24. The number of aliphatic imine (C=N–C) groups is 1. The fraction of sp³-hybridized carbons (Fsp3) is 0.231. The molecule has 0 spiro atoms. The van der Waals surface area contributed by atoms with E-state index in [1.165, 1.54) is 19.3 Å². The Morgan fingerprint density at radius 3 is 2.52 bits per heavy atom. The fourth-order valence-electron chi connectivity index (χ4n) is 4.24. The Hall–Kier alpha value is -3.05. The third-order valence-electron chi connectivity index (χ3n) is 5.90. The molecule has 5 heteroatoms. The first-order valence-corrected chi connectivity index (χ1v) is 11.6. The molecule has 1 fully saturated rings. The molecular formula is C26H24N2O2S. The first-order valence-electron chi connectivity index (χ1n) is 10.8. The summed E-state index contributed by atoms with van der Waals surface area (Å²) in [5.74, 6) is 0.200. The van der Waals surface area contributed by atoms with Crippen molar-refractivity contribution in [3.8, 4) is 5.75 Å². The van der Waals surface area contributed by atoms with Crippen LogP contribution in [0.1, 0.15) is 53.6 Å². The van der Waals surface area contributed by atoms with Crippen LogP contribution in [0.15, 0.2) is 81.5 Å². The van der Waals surface area contributed by atoms with Crippen molar-refractivity contribution in [2.24, 2.45) is 4.99 Å². The molecule has 0 unspecified atom stereocenters. The second kappa shape index (κ2) is 8.60. The summed E-state index contributed by atoms with van der Waals surface area (Å²) >= 11 is 1.67. The zero-order chi connectivity index (χ0) is 21.2. The van der Waals surface area contributed by atoms with Gasteiger partial charge in [-0.2, -0.15) is 0 Å². The number of benzene rings is 3. The SMILES string of the molecule is O=C(NC1CCCCC1)c1ccc2c(c1)N=C(c1ccc(O)cc1)c1ccccc1S2. The Morgan fingerprint density at radius 1 is 0.935 bits per heavy atom. The van der Waals surface area contributed by atoms with Crippen LogP contribution in [0.5, 0.6) is 5.75 Å². The lowest BCUT2D eigenvalue weighted by Gasteiger charge is -2.22. The van der Waals surface area contributed by atoms with Gasteiger partial charge in [0.2, 0.25) is 0 Å². The Bertz CT molecular complexity index is 1150. The van der Waals surface area contributed by atoms with E-state index in [0.717, 1.165) is 45.2 Å². The number of fused-ring (bicyclic) bond motifs is 2. The number of phenolic OH excluding ortho intramolecular Hbond substituents is 1. The van der Waals surface area contributed by atoms with Crippen LogP contribution < -0.4 is 5.32 Å². The lowest BCUT2D eigenvalue weighted by molar-refractivity contribution is 0.0927. The van der Waals surface area contributed by atoms with E-state index in [1.807, 2.05) is 42.5 Å². The van der Waals surface area contributed by atoms with E-state index in [2.05, 4.69) is 17.4 Å². The summed E-state index contributed by atoms with van der Waals surface area (Å²) in [5.41, 5.74) is 4.25. The summed E-state index contributed by atoms with van der Waals surface area (Å²) in [6.45, 7) is 0. The van der Waals surface area contributed by atoms with Crippen molar-refractivity contribution < 1.29 is 9.90 Å². The molecule has 3 aromatic carbocycles. The van der Waals surface area contributed by atoms with Gasteiger partial charge in [0.25, 0.3) is 5.91 Å². The minimum Gasteiger partial charge on any atom is -0.508 e. The number of amides is 1. The van der Waals surface area contributed by atoms with Crippen molar-refractivity contribution in [2.75, 3.05) is 0 Å². The molecule has 1 heterocycles. The molecule has 3 aromatic rings. The number of aromatic hydroxyl groups is 1. The Balaban J connectivity index is 1.54. The molecule has 2 N–H and O–H groups in total. The van der Waals surface area contributed by atoms with Gasteiger partial charge in [-0.1, -0.05) is 49.2 Å². The molecule has 0 radical (unpaired) electrons. The maximum atomic E-state index is 12.9. The van der Waals surface area contributed by atoms with Gasteiger partial charge in [-0.05, 0) is 61.4 Å². The summed E-state index contributed by atoms with van der Waals surface area (Å²) in [7, 11) is 0. The quantitative estimate of drug-likeness (QED) is 0.415. The summed E-state index contributed by atoms with van der Waals surface area (Å²) in [6.07, 6.45) is 5.75. The van der Waals surface area contributed by atoms with Gasteiger partial charge in [0.1, 0.15) is 5.75 Å². The van der Waals surface area contributed by atoms with E-state index in [4.69, 9.17) is 4.99 Å². The van der Waals surface area contributed by atoms with E-state index in [-0.39, 0.29) is 17.7 Å². The standard InChI is InChI=1S/C26H24N2O2S/c29-20-13-10-17(11-14-20)25-21-8-4-5-9-23(21)31-24-15-12-18(16-22(24)28-25)26(30)27-19-6-2-1-3-7-19/h4-5,8-16,19,29H,1-3,6-7H2,(H,27,30). The van der Waals surface area contributed by atoms with Crippen LogP contribution in [0, 0.1) is 0 Å². The second-order valence-corrected chi connectivity index (χ2v) is 9.18. The topological polar surface area (TPSA) is 61.7 Å². The normalized spacial score (nSPS) is 15.9. The first-order chi connectivity index (χ1) is 15.2. The zero-order valence-electron chi connectivity index (χ0n) is 17.2. The lowest BCUT2D eigenvalue weighted by Crippen LogP contribution is -2.36. The summed E-state index contributed by atoms with van der Waals surface area (Å²) < 4.78 is 0. The average Bonchev–Trinajstić information content (AvgIpc) is 2.96. The van der Waals surface area contributed by atoms with E-state index in [1.54, 1.807) is 23.9 Å². The number of carbonyl (C=O) groups is 1. The summed E-state index contributed by atoms with van der Waals surface area (Å²) in [6, 6.07) is 21.4. The van der Waals surface area contributed by atoms with Gasteiger partial charge in [0.05, 0.1) is 11.4 Å². The molecule has 0 aromatic heterocycles. The third-order valence-corrected chi connectivity index (χ3v) is 7.04. The van der Waals surface area contributed by atoms with Crippen LogP contribution in [0.25, 0.3) is 0 Å². The van der Waals surface area contributed by atoms with Crippen molar-refractivity contribution >= 4 is 29.1 Å². The lowest BCUT2D eigenvalue weighted by atomic mass is 9.95. The van der Waals surface area contributed by atoms with Crippen LogP contribution in [0.4, 0.5) is 5.69 Å². The summed E-state index contributed by atoms with van der Waals surface area (Å²) in [4.78, 5) is 20.0.